The van der Waals surface area contributed by atoms with E-state index in [1.54, 1.807) is 0 Å². The minimum absolute atomic E-state index is 0.812. The van der Waals surface area contributed by atoms with Crippen molar-refractivity contribution in [3.63, 3.8) is 0 Å². The fraction of sp³-hybridized carbons (Fsp3) is 0.692. The van der Waals surface area contributed by atoms with Crippen LogP contribution in [0.5, 0.6) is 0 Å². The Hall–Kier alpha value is -0.800. The van der Waals surface area contributed by atoms with Crippen molar-refractivity contribution in [1.82, 2.24) is 10.6 Å². The van der Waals surface area contributed by atoms with Crippen LogP contribution in [0.25, 0.3) is 0 Å². The Balaban J connectivity index is 1.57. The highest BCUT2D eigenvalue weighted by atomic mass is 16.3. The monoisotopic (exact) mass is 222 g/mol. The molecule has 0 aromatic carbocycles. The molecule has 90 valence electrons. The molecule has 3 heteroatoms. The van der Waals surface area contributed by atoms with Gasteiger partial charge in [-0.1, -0.05) is 0 Å². The van der Waals surface area contributed by atoms with E-state index < -0.39 is 0 Å². The van der Waals surface area contributed by atoms with Crippen molar-refractivity contribution in [2.24, 2.45) is 5.92 Å². The first-order chi connectivity index (χ1) is 7.84. The van der Waals surface area contributed by atoms with E-state index in [2.05, 4.69) is 16.7 Å². The van der Waals surface area contributed by atoms with Gasteiger partial charge in [0.25, 0.3) is 0 Å². The van der Waals surface area contributed by atoms with Gasteiger partial charge in [-0.2, -0.15) is 0 Å². The Morgan fingerprint density at radius 3 is 3.12 bits per heavy atom. The number of hydrogen-bond acceptors (Lipinski definition) is 3. The third-order valence-electron chi connectivity index (χ3n) is 3.18. The molecule has 1 aliphatic rings. The van der Waals surface area contributed by atoms with Crippen molar-refractivity contribution in [3.05, 3.63) is 23.7 Å². The molecule has 1 fully saturated rings. The van der Waals surface area contributed by atoms with Gasteiger partial charge in [-0.15, -0.1) is 0 Å². The Kier molecular flexibility index (Phi) is 4.43. The van der Waals surface area contributed by atoms with Crippen LogP contribution in [0.4, 0.5) is 0 Å². The predicted molar refractivity (Wildman–Crippen MR) is 65.6 cm³/mol. The van der Waals surface area contributed by atoms with Crippen LogP contribution in [0, 0.1) is 12.8 Å². The maximum Gasteiger partial charge on any atom is 0.105 e. The number of piperidine rings is 1. The molecule has 0 saturated carbocycles. The molecule has 0 amide bonds. The summed E-state index contributed by atoms with van der Waals surface area (Å²) >= 11 is 0. The SMILES string of the molecule is Cc1ccc(CCNCC2CCCNC2)o1. The molecule has 0 radical (unpaired) electrons. The highest BCUT2D eigenvalue weighted by Crippen LogP contribution is 2.09. The molecule has 0 spiro atoms. The Labute approximate surface area is 97.6 Å². The van der Waals surface area contributed by atoms with Crippen LogP contribution >= 0.6 is 0 Å². The average molecular weight is 222 g/mol. The summed E-state index contributed by atoms with van der Waals surface area (Å²) in [6.07, 6.45) is 3.68. The fourth-order valence-electron chi connectivity index (χ4n) is 2.24. The predicted octanol–water partition coefficient (Wildman–Crippen LogP) is 1.72. The van der Waals surface area contributed by atoms with Gasteiger partial charge in [0.05, 0.1) is 0 Å². The molecular formula is C13H22N2O. The summed E-state index contributed by atoms with van der Waals surface area (Å²) in [6.45, 7) is 6.51. The minimum atomic E-state index is 0.812. The van der Waals surface area contributed by atoms with Crippen molar-refractivity contribution < 1.29 is 4.42 Å². The number of aryl methyl sites for hydroxylation is 1. The van der Waals surface area contributed by atoms with Crippen LogP contribution in [-0.2, 0) is 6.42 Å². The van der Waals surface area contributed by atoms with Crippen LogP contribution in [-0.4, -0.2) is 26.2 Å². The quantitative estimate of drug-likeness (QED) is 0.745. The van der Waals surface area contributed by atoms with Crippen LogP contribution in [0.15, 0.2) is 16.5 Å². The molecule has 1 aromatic rings. The zero-order valence-electron chi connectivity index (χ0n) is 10.1. The average Bonchev–Trinajstić information content (AvgIpc) is 2.72. The van der Waals surface area contributed by atoms with Crippen LogP contribution < -0.4 is 10.6 Å². The lowest BCUT2D eigenvalue weighted by atomic mass is 10.00. The summed E-state index contributed by atoms with van der Waals surface area (Å²) in [5, 5.41) is 6.95. The van der Waals surface area contributed by atoms with Crippen LogP contribution in [0.3, 0.4) is 0 Å². The van der Waals surface area contributed by atoms with Crippen molar-refractivity contribution >= 4 is 0 Å². The number of hydrogen-bond donors (Lipinski definition) is 2. The highest BCUT2D eigenvalue weighted by Gasteiger charge is 2.11. The number of rotatable bonds is 5. The molecule has 1 aromatic heterocycles. The lowest BCUT2D eigenvalue weighted by molar-refractivity contribution is 0.359. The smallest absolute Gasteiger partial charge is 0.105 e. The first-order valence-corrected chi connectivity index (χ1v) is 6.31. The van der Waals surface area contributed by atoms with E-state index in [0.717, 1.165) is 36.9 Å². The Bertz CT molecular complexity index is 303. The van der Waals surface area contributed by atoms with Gasteiger partial charge in [0.1, 0.15) is 11.5 Å². The molecule has 0 bridgehead atoms. The summed E-state index contributed by atoms with van der Waals surface area (Å²) in [4.78, 5) is 0. The second-order valence-electron chi connectivity index (χ2n) is 4.68. The van der Waals surface area contributed by atoms with Crippen molar-refractivity contribution in [3.8, 4) is 0 Å². The van der Waals surface area contributed by atoms with Crippen molar-refractivity contribution in [2.75, 3.05) is 26.2 Å². The van der Waals surface area contributed by atoms with Crippen LogP contribution in [0.1, 0.15) is 24.4 Å². The number of nitrogens with one attached hydrogen (secondary N) is 2. The molecule has 1 atom stereocenters. The molecule has 2 rings (SSSR count). The molecule has 2 N–H and O–H groups in total. The zero-order chi connectivity index (χ0) is 11.2. The topological polar surface area (TPSA) is 37.2 Å². The fourth-order valence-corrected chi connectivity index (χ4v) is 2.24. The molecule has 1 unspecified atom stereocenters. The molecule has 2 heterocycles. The summed E-state index contributed by atoms with van der Waals surface area (Å²) in [5.41, 5.74) is 0. The first kappa shape index (κ1) is 11.7. The summed E-state index contributed by atoms with van der Waals surface area (Å²) < 4.78 is 5.52. The molecule has 3 nitrogen and oxygen atoms in total. The van der Waals surface area contributed by atoms with Gasteiger partial charge in [-0.25, -0.2) is 0 Å². The standard InChI is InChI=1S/C13H22N2O/c1-11-4-5-13(16-11)6-8-15-10-12-3-2-7-14-9-12/h4-5,12,14-15H,2-3,6-10H2,1H3. The van der Waals surface area contributed by atoms with E-state index in [1.165, 1.54) is 25.9 Å². The van der Waals surface area contributed by atoms with Gasteiger partial charge in [0.2, 0.25) is 0 Å². The number of furan rings is 1. The summed E-state index contributed by atoms with van der Waals surface area (Å²) in [6, 6.07) is 4.10. The third-order valence-corrected chi connectivity index (χ3v) is 3.18. The van der Waals surface area contributed by atoms with E-state index in [0.29, 0.717) is 0 Å². The van der Waals surface area contributed by atoms with Gasteiger partial charge in [-0.3, -0.25) is 0 Å². The normalized spacial score (nSPS) is 21.2. The van der Waals surface area contributed by atoms with E-state index in [1.807, 2.05) is 13.0 Å². The molecule has 16 heavy (non-hydrogen) atoms. The van der Waals surface area contributed by atoms with Gasteiger partial charge in [-0.05, 0) is 57.5 Å². The van der Waals surface area contributed by atoms with E-state index in [-0.39, 0.29) is 0 Å². The van der Waals surface area contributed by atoms with E-state index in [9.17, 15) is 0 Å². The first-order valence-electron chi connectivity index (χ1n) is 6.31. The van der Waals surface area contributed by atoms with Crippen molar-refractivity contribution in [2.45, 2.75) is 26.2 Å². The van der Waals surface area contributed by atoms with Gasteiger partial charge < -0.3 is 15.1 Å². The van der Waals surface area contributed by atoms with Gasteiger partial charge in [0, 0.05) is 13.0 Å². The lowest BCUT2D eigenvalue weighted by Gasteiger charge is -2.22. The summed E-state index contributed by atoms with van der Waals surface area (Å²) in [5.74, 6) is 2.91. The second kappa shape index (κ2) is 6.06. The van der Waals surface area contributed by atoms with E-state index >= 15 is 0 Å². The molecule has 1 aliphatic heterocycles. The molecule has 1 saturated heterocycles. The largest absolute Gasteiger partial charge is 0.466 e. The second-order valence-corrected chi connectivity index (χ2v) is 4.68. The molecular weight excluding hydrogens is 200 g/mol. The minimum Gasteiger partial charge on any atom is -0.466 e. The Morgan fingerprint density at radius 1 is 1.50 bits per heavy atom. The van der Waals surface area contributed by atoms with Gasteiger partial charge >= 0.3 is 0 Å². The van der Waals surface area contributed by atoms with Crippen LogP contribution in [0.2, 0.25) is 0 Å². The maximum absolute atomic E-state index is 5.52. The zero-order valence-corrected chi connectivity index (χ0v) is 10.1. The third kappa shape index (κ3) is 3.65. The molecule has 0 aliphatic carbocycles. The van der Waals surface area contributed by atoms with Crippen molar-refractivity contribution in [1.29, 1.82) is 0 Å². The maximum atomic E-state index is 5.52. The summed E-state index contributed by atoms with van der Waals surface area (Å²) in [7, 11) is 0. The Morgan fingerprint density at radius 2 is 2.44 bits per heavy atom. The highest BCUT2D eigenvalue weighted by molar-refractivity contribution is 5.05. The van der Waals surface area contributed by atoms with Gasteiger partial charge in [0.15, 0.2) is 0 Å². The van der Waals surface area contributed by atoms with E-state index in [4.69, 9.17) is 4.42 Å². The lowest BCUT2D eigenvalue weighted by Crippen LogP contribution is -2.36.